The second kappa shape index (κ2) is 3.31. The molecule has 1 aliphatic rings. The van der Waals surface area contributed by atoms with Crippen molar-refractivity contribution in [1.82, 2.24) is 4.98 Å². The molecule has 2 rings (SSSR count). The molecular weight excluding hydrogens is 198 g/mol. The zero-order valence-electron chi connectivity index (χ0n) is 8.39. The zero-order valence-corrected chi connectivity index (χ0v) is 9.15. The van der Waals surface area contributed by atoms with Crippen LogP contribution in [-0.2, 0) is 0 Å². The first-order valence-corrected chi connectivity index (χ1v) is 5.18. The summed E-state index contributed by atoms with van der Waals surface area (Å²) in [6.45, 7) is 5.24. The summed E-state index contributed by atoms with van der Waals surface area (Å²) >= 11 is 5.85. The van der Waals surface area contributed by atoms with Crippen molar-refractivity contribution in [2.45, 2.75) is 25.8 Å². The number of nitrogens with zero attached hydrogens (tertiary/aromatic N) is 1. The van der Waals surface area contributed by atoms with E-state index in [0.717, 1.165) is 24.5 Å². The molecule has 3 nitrogen and oxygen atoms in total. The van der Waals surface area contributed by atoms with E-state index >= 15 is 0 Å². The van der Waals surface area contributed by atoms with Crippen LogP contribution in [0.2, 0.25) is 5.02 Å². The van der Waals surface area contributed by atoms with Gasteiger partial charge in [0.15, 0.2) is 0 Å². The van der Waals surface area contributed by atoms with Crippen molar-refractivity contribution in [2.24, 2.45) is 0 Å². The van der Waals surface area contributed by atoms with Gasteiger partial charge >= 0.3 is 0 Å². The van der Waals surface area contributed by atoms with Crippen molar-refractivity contribution in [3.63, 3.8) is 0 Å². The van der Waals surface area contributed by atoms with Crippen LogP contribution in [0.5, 0.6) is 0 Å². The predicted molar refractivity (Wildman–Crippen MR) is 60.1 cm³/mol. The minimum atomic E-state index is 0.0911. The summed E-state index contributed by atoms with van der Waals surface area (Å²) in [6, 6.07) is 1.89. The third kappa shape index (κ3) is 1.64. The smallest absolute Gasteiger partial charge is 0.149 e. The Hall–Kier alpha value is -0.960. The molecule has 1 atom stereocenters. The van der Waals surface area contributed by atoms with Crippen LogP contribution in [0.1, 0.15) is 20.3 Å². The minimum absolute atomic E-state index is 0.0911. The molecule has 0 amide bonds. The molecule has 1 unspecified atom stereocenters. The maximum absolute atomic E-state index is 5.85. The molecule has 0 radical (unpaired) electrons. The van der Waals surface area contributed by atoms with Crippen LogP contribution in [0.15, 0.2) is 12.3 Å². The van der Waals surface area contributed by atoms with Gasteiger partial charge in [0, 0.05) is 12.7 Å². The van der Waals surface area contributed by atoms with Crippen molar-refractivity contribution in [2.75, 3.05) is 17.2 Å². The highest BCUT2D eigenvalue weighted by Gasteiger charge is 2.27. The molecule has 4 heteroatoms. The van der Waals surface area contributed by atoms with Gasteiger partial charge in [0.05, 0.1) is 16.2 Å². The summed E-state index contributed by atoms with van der Waals surface area (Å²) in [5, 5.41) is 7.42. The highest BCUT2D eigenvalue weighted by Crippen LogP contribution is 2.31. The van der Waals surface area contributed by atoms with Crippen molar-refractivity contribution < 1.29 is 0 Å². The largest absolute Gasteiger partial charge is 0.380 e. The first-order chi connectivity index (χ1) is 6.63. The van der Waals surface area contributed by atoms with Crippen molar-refractivity contribution >= 4 is 23.1 Å². The molecule has 2 heterocycles. The lowest BCUT2D eigenvalue weighted by molar-refractivity contribution is 0.511. The Balaban J connectivity index is 2.31. The average molecular weight is 212 g/mol. The Morgan fingerprint density at radius 3 is 3.14 bits per heavy atom. The van der Waals surface area contributed by atoms with Crippen LogP contribution in [0.4, 0.5) is 11.5 Å². The van der Waals surface area contributed by atoms with E-state index in [2.05, 4.69) is 29.5 Å². The SMILES string of the molecule is CCC1(C)CNc2cc(Cl)cnc2N1. The van der Waals surface area contributed by atoms with Gasteiger partial charge in [-0.1, -0.05) is 18.5 Å². The third-order valence-electron chi connectivity index (χ3n) is 2.72. The Bertz CT molecular complexity index is 353. The third-order valence-corrected chi connectivity index (χ3v) is 2.93. The lowest BCUT2D eigenvalue weighted by atomic mass is 9.97. The average Bonchev–Trinajstić information content (AvgIpc) is 2.19. The molecule has 76 valence electrons. The second-order valence-corrected chi connectivity index (χ2v) is 4.38. The number of anilines is 2. The summed E-state index contributed by atoms with van der Waals surface area (Å²) in [7, 11) is 0. The molecule has 0 saturated carbocycles. The normalized spacial score (nSPS) is 24.8. The number of hydrogen-bond donors (Lipinski definition) is 2. The lowest BCUT2D eigenvalue weighted by Gasteiger charge is -2.36. The monoisotopic (exact) mass is 211 g/mol. The van der Waals surface area contributed by atoms with E-state index in [0.29, 0.717) is 5.02 Å². The molecule has 14 heavy (non-hydrogen) atoms. The Kier molecular flexibility index (Phi) is 2.27. The van der Waals surface area contributed by atoms with Crippen LogP contribution in [0, 0.1) is 0 Å². The summed E-state index contributed by atoms with van der Waals surface area (Å²) in [5.74, 6) is 0.894. The first-order valence-electron chi connectivity index (χ1n) is 4.80. The van der Waals surface area contributed by atoms with E-state index in [1.165, 1.54) is 0 Å². The van der Waals surface area contributed by atoms with E-state index in [4.69, 9.17) is 11.6 Å². The maximum atomic E-state index is 5.85. The molecule has 0 aromatic carbocycles. The molecule has 0 aliphatic carbocycles. The number of hydrogen-bond acceptors (Lipinski definition) is 3. The molecule has 0 saturated heterocycles. The maximum Gasteiger partial charge on any atom is 0.149 e. The number of halogens is 1. The molecule has 1 aromatic heterocycles. The number of rotatable bonds is 1. The number of nitrogens with one attached hydrogen (secondary N) is 2. The molecule has 2 N–H and O–H groups in total. The van der Waals surface area contributed by atoms with Gasteiger partial charge in [0.2, 0.25) is 0 Å². The second-order valence-electron chi connectivity index (χ2n) is 3.94. The van der Waals surface area contributed by atoms with E-state index in [1.807, 2.05) is 6.07 Å². The summed E-state index contributed by atoms with van der Waals surface area (Å²) < 4.78 is 0. The molecule has 0 spiro atoms. The topological polar surface area (TPSA) is 37.0 Å². The van der Waals surface area contributed by atoms with Crippen LogP contribution in [0.3, 0.4) is 0 Å². The highest BCUT2D eigenvalue weighted by atomic mass is 35.5. The van der Waals surface area contributed by atoms with Crippen LogP contribution < -0.4 is 10.6 Å². The van der Waals surface area contributed by atoms with Gasteiger partial charge in [-0.2, -0.15) is 0 Å². The summed E-state index contributed by atoms with van der Waals surface area (Å²) in [4.78, 5) is 4.26. The summed E-state index contributed by atoms with van der Waals surface area (Å²) in [5.41, 5.74) is 1.08. The fourth-order valence-electron chi connectivity index (χ4n) is 1.51. The van der Waals surface area contributed by atoms with Crippen molar-refractivity contribution in [1.29, 1.82) is 0 Å². The van der Waals surface area contributed by atoms with Crippen LogP contribution in [0.25, 0.3) is 0 Å². The van der Waals surface area contributed by atoms with Crippen LogP contribution in [-0.4, -0.2) is 17.1 Å². The Morgan fingerprint density at radius 1 is 1.64 bits per heavy atom. The lowest BCUT2D eigenvalue weighted by Crippen LogP contribution is -2.44. The van der Waals surface area contributed by atoms with Gasteiger partial charge in [0.25, 0.3) is 0 Å². The molecule has 1 aromatic rings. The number of pyridine rings is 1. The first kappa shape index (κ1) is 9.59. The van der Waals surface area contributed by atoms with Gasteiger partial charge in [-0.25, -0.2) is 4.98 Å². The van der Waals surface area contributed by atoms with Gasteiger partial charge in [-0.15, -0.1) is 0 Å². The summed E-state index contributed by atoms with van der Waals surface area (Å²) in [6.07, 6.45) is 2.72. The van der Waals surface area contributed by atoms with E-state index in [-0.39, 0.29) is 5.54 Å². The van der Waals surface area contributed by atoms with Gasteiger partial charge in [-0.05, 0) is 19.4 Å². The Morgan fingerprint density at radius 2 is 2.43 bits per heavy atom. The van der Waals surface area contributed by atoms with E-state index in [1.54, 1.807) is 6.20 Å². The van der Waals surface area contributed by atoms with Gasteiger partial charge in [-0.3, -0.25) is 0 Å². The molecular formula is C10H14ClN3. The standard InChI is InChI=1S/C10H14ClN3/c1-3-10(2)6-13-8-4-7(11)5-12-9(8)14-10/h4-5,13H,3,6H2,1-2H3,(H,12,14). The molecule has 0 fully saturated rings. The highest BCUT2D eigenvalue weighted by molar-refractivity contribution is 6.30. The predicted octanol–water partition coefficient (Wildman–Crippen LogP) is 2.74. The van der Waals surface area contributed by atoms with E-state index < -0.39 is 0 Å². The number of fused-ring (bicyclic) bond motifs is 1. The van der Waals surface area contributed by atoms with Crippen molar-refractivity contribution in [3.05, 3.63) is 17.3 Å². The fraction of sp³-hybridized carbons (Fsp3) is 0.500. The minimum Gasteiger partial charge on any atom is -0.380 e. The van der Waals surface area contributed by atoms with Gasteiger partial charge < -0.3 is 10.6 Å². The quantitative estimate of drug-likeness (QED) is 0.750. The van der Waals surface area contributed by atoms with Crippen molar-refractivity contribution in [3.8, 4) is 0 Å². The van der Waals surface area contributed by atoms with E-state index in [9.17, 15) is 0 Å². The zero-order chi connectivity index (χ0) is 10.2. The van der Waals surface area contributed by atoms with Crippen LogP contribution >= 0.6 is 11.6 Å². The number of aromatic nitrogens is 1. The molecule has 1 aliphatic heterocycles. The fourth-order valence-corrected chi connectivity index (χ4v) is 1.67. The van der Waals surface area contributed by atoms with Gasteiger partial charge in [0.1, 0.15) is 5.82 Å². The molecule has 0 bridgehead atoms. The Labute approximate surface area is 88.9 Å².